The quantitative estimate of drug-likeness (QED) is 0.671. The van der Waals surface area contributed by atoms with Crippen molar-refractivity contribution in [1.82, 2.24) is 5.32 Å². The van der Waals surface area contributed by atoms with Gasteiger partial charge in [-0.15, -0.1) is 0 Å². The molecule has 0 aliphatic heterocycles. The van der Waals surface area contributed by atoms with Crippen LogP contribution in [0.5, 0.6) is 0 Å². The van der Waals surface area contributed by atoms with Crippen LogP contribution < -0.4 is 10.6 Å². The fraction of sp³-hybridized carbons (Fsp3) is 0.350. The fourth-order valence-corrected chi connectivity index (χ4v) is 3.84. The van der Waals surface area contributed by atoms with Crippen molar-refractivity contribution in [2.75, 3.05) is 23.4 Å². The molecule has 2 aromatic rings. The van der Waals surface area contributed by atoms with E-state index in [1.165, 1.54) is 0 Å². The molecule has 0 saturated heterocycles. The maximum absolute atomic E-state index is 12.2. The van der Waals surface area contributed by atoms with Crippen LogP contribution in [0.4, 0.5) is 5.69 Å². The number of sulfone groups is 1. The van der Waals surface area contributed by atoms with Crippen LogP contribution in [-0.2, 0) is 27.6 Å². The molecular formula is C20H26N2O3S. The Balaban J connectivity index is 1.82. The van der Waals surface area contributed by atoms with Gasteiger partial charge >= 0.3 is 0 Å². The molecule has 0 aliphatic carbocycles. The van der Waals surface area contributed by atoms with Gasteiger partial charge in [0, 0.05) is 12.2 Å². The van der Waals surface area contributed by atoms with Crippen molar-refractivity contribution in [2.24, 2.45) is 0 Å². The molecule has 6 heteroatoms. The summed E-state index contributed by atoms with van der Waals surface area (Å²) in [5.74, 6) is -0.972. The lowest BCUT2D eigenvalue weighted by Gasteiger charge is -2.09. The second-order valence-electron chi connectivity index (χ2n) is 6.21. The minimum absolute atomic E-state index is 0.00970. The summed E-state index contributed by atoms with van der Waals surface area (Å²) in [4.78, 5) is 12.1. The van der Waals surface area contributed by atoms with E-state index in [2.05, 4.69) is 10.6 Å². The zero-order valence-electron chi connectivity index (χ0n) is 15.1. The summed E-state index contributed by atoms with van der Waals surface area (Å²) < 4.78 is 24.3. The van der Waals surface area contributed by atoms with Gasteiger partial charge in [-0.25, -0.2) is 8.42 Å². The molecule has 0 spiro atoms. The van der Waals surface area contributed by atoms with Gasteiger partial charge in [-0.3, -0.25) is 4.79 Å². The maximum Gasteiger partial charge on any atom is 0.239 e. The van der Waals surface area contributed by atoms with Gasteiger partial charge < -0.3 is 10.6 Å². The maximum atomic E-state index is 12.2. The highest BCUT2D eigenvalue weighted by atomic mass is 32.2. The van der Waals surface area contributed by atoms with Crippen molar-refractivity contribution >= 4 is 21.4 Å². The van der Waals surface area contributed by atoms with Crippen LogP contribution in [-0.4, -0.2) is 32.4 Å². The highest BCUT2D eigenvalue weighted by molar-refractivity contribution is 7.92. The van der Waals surface area contributed by atoms with Gasteiger partial charge in [0.05, 0.1) is 5.75 Å². The lowest BCUT2D eigenvalue weighted by Crippen LogP contribution is -2.25. The van der Waals surface area contributed by atoms with Gasteiger partial charge in [0.2, 0.25) is 5.91 Å². The molecule has 2 aromatic carbocycles. The van der Waals surface area contributed by atoms with Crippen LogP contribution in [0.1, 0.15) is 24.5 Å². The van der Waals surface area contributed by atoms with E-state index in [1.54, 1.807) is 6.07 Å². The van der Waals surface area contributed by atoms with E-state index in [0.717, 1.165) is 17.7 Å². The Morgan fingerprint density at radius 2 is 1.73 bits per heavy atom. The standard InChI is InChI=1S/C20H26N2O3S/c1-2-21-15-18-10-6-12-19(14-18)22-20(23)16-26(24,25)13-7-11-17-8-4-3-5-9-17/h3-6,8-10,12,14,21H,2,7,11,13,15-16H2,1H3,(H,22,23). The number of carbonyl (C=O) groups is 1. The molecule has 140 valence electrons. The first kappa shape index (κ1) is 20.1. The van der Waals surface area contributed by atoms with Gasteiger partial charge in [-0.1, -0.05) is 49.4 Å². The third kappa shape index (κ3) is 7.37. The molecule has 2 rings (SSSR count). The zero-order valence-corrected chi connectivity index (χ0v) is 15.9. The number of hydrogen-bond acceptors (Lipinski definition) is 4. The van der Waals surface area contributed by atoms with Crippen molar-refractivity contribution in [3.8, 4) is 0 Å². The van der Waals surface area contributed by atoms with E-state index in [9.17, 15) is 13.2 Å². The summed E-state index contributed by atoms with van der Waals surface area (Å²) >= 11 is 0. The second-order valence-corrected chi connectivity index (χ2v) is 8.39. The number of rotatable bonds is 10. The lowest BCUT2D eigenvalue weighted by molar-refractivity contribution is -0.113. The number of hydrogen-bond donors (Lipinski definition) is 2. The van der Waals surface area contributed by atoms with Crippen molar-refractivity contribution in [3.63, 3.8) is 0 Å². The third-order valence-electron chi connectivity index (χ3n) is 3.90. The molecular weight excluding hydrogens is 348 g/mol. The van der Waals surface area contributed by atoms with Crippen LogP contribution in [0.15, 0.2) is 54.6 Å². The third-order valence-corrected chi connectivity index (χ3v) is 5.52. The van der Waals surface area contributed by atoms with Gasteiger partial charge in [-0.05, 0) is 42.6 Å². The first-order valence-corrected chi connectivity index (χ1v) is 10.6. The van der Waals surface area contributed by atoms with Crippen LogP contribution in [0.3, 0.4) is 0 Å². The van der Waals surface area contributed by atoms with Crippen molar-refractivity contribution in [1.29, 1.82) is 0 Å². The van der Waals surface area contributed by atoms with Crippen LogP contribution in [0, 0.1) is 0 Å². The Morgan fingerprint density at radius 1 is 1.00 bits per heavy atom. The van der Waals surface area contributed by atoms with Crippen molar-refractivity contribution in [3.05, 3.63) is 65.7 Å². The molecule has 5 nitrogen and oxygen atoms in total. The molecule has 0 aromatic heterocycles. The highest BCUT2D eigenvalue weighted by Crippen LogP contribution is 2.11. The summed E-state index contributed by atoms with van der Waals surface area (Å²) in [6.45, 7) is 3.59. The Bertz CT molecular complexity index is 805. The van der Waals surface area contributed by atoms with Crippen LogP contribution in [0.2, 0.25) is 0 Å². The van der Waals surface area contributed by atoms with Gasteiger partial charge in [0.15, 0.2) is 9.84 Å². The Kier molecular flexibility index (Phi) is 7.81. The molecule has 2 N–H and O–H groups in total. The Morgan fingerprint density at radius 3 is 2.46 bits per heavy atom. The van der Waals surface area contributed by atoms with E-state index in [1.807, 2.05) is 55.5 Å². The van der Waals surface area contributed by atoms with Gasteiger partial charge in [0.1, 0.15) is 5.75 Å². The van der Waals surface area contributed by atoms with Crippen molar-refractivity contribution in [2.45, 2.75) is 26.3 Å². The zero-order chi connectivity index (χ0) is 18.8. The monoisotopic (exact) mass is 374 g/mol. The van der Waals surface area contributed by atoms with Crippen LogP contribution in [0.25, 0.3) is 0 Å². The average Bonchev–Trinajstić information content (AvgIpc) is 2.60. The van der Waals surface area contributed by atoms with Crippen molar-refractivity contribution < 1.29 is 13.2 Å². The van der Waals surface area contributed by atoms with E-state index in [4.69, 9.17) is 0 Å². The summed E-state index contributed by atoms with van der Waals surface area (Å²) in [5, 5.41) is 5.89. The first-order valence-electron chi connectivity index (χ1n) is 8.82. The Hall–Kier alpha value is -2.18. The summed E-state index contributed by atoms with van der Waals surface area (Å²) in [7, 11) is -3.42. The summed E-state index contributed by atoms with van der Waals surface area (Å²) in [6.07, 6.45) is 1.20. The van der Waals surface area contributed by atoms with E-state index in [0.29, 0.717) is 25.1 Å². The van der Waals surface area contributed by atoms with E-state index >= 15 is 0 Å². The molecule has 0 aliphatic rings. The molecule has 0 atom stereocenters. The number of anilines is 1. The number of nitrogens with one attached hydrogen (secondary N) is 2. The molecule has 0 fully saturated rings. The minimum atomic E-state index is -3.42. The van der Waals surface area contributed by atoms with Gasteiger partial charge in [-0.2, -0.15) is 0 Å². The predicted octanol–water partition coefficient (Wildman–Crippen LogP) is 2.78. The van der Waals surface area contributed by atoms with E-state index in [-0.39, 0.29) is 5.75 Å². The number of carbonyl (C=O) groups excluding carboxylic acids is 1. The largest absolute Gasteiger partial charge is 0.325 e. The smallest absolute Gasteiger partial charge is 0.239 e. The highest BCUT2D eigenvalue weighted by Gasteiger charge is 2.16. The molecule has 0 unspecified atom stereocenters. The molecule has 26 heavy (non-hydrogen) atoms. The number of amides is 1. The van der Waals surface area contributed by atoms with Crippen LogP contribution >= 0.6 is 0 Å². The lowest BCUT2D eigenvalue weighted by atomic mass is 10.1. The molecule has 0 bridgehead atoms. The number of aryl methyl sites for hydroxylation is 1. The van der Waals surface area contributed by atoms with E-state index < -0.39 is 21.5 Å². The minimum Gasteiger partial charge on any atom is -0.325 e. The predicted molar refractivity (Wildman–Crippen MR) is 106 cm³/mol. The Labute approximate surface area is 155 Å². The fourth-order valence-electron chi connectivity index (χ4n) is 2.64. The normalized spacial score (nSPS) is 11.3. The SMILES string of the molecule is CCNCc1cccc(NC(=O)CS(=O)(=O)CCCc2ccccc2)c1. The first-order chi connectivity index (χ1) is 12.5. The average molecular weight is 375 g/mol. The van der Waals surface area contributed by atoms with Gasteiger partial charge in [0.25, 0.3) is 0 Å². The molecule has 0 heterocycles. The molecule has 0 radical (unpaired) electrons. The molecule has 1 amide bonds. The number of benzene rings is 2. The molecule has 0 saturated carbocycles. The topological polar surface area (TPSA) is 75.3 Å². The second kappa shape index (κ2) is 10.1. The summed E-state index contributed by atoms with van der Waals surface area (Å²) in [5.41, 5.74) is 2.75. The summed E-state index contributed by atoms with van der Waals surface area (Å²) in [6, 6.07) is 17.1.